The normalized spacial score (nSPS) is 19.9. The van der Waals surface area contributed by atoms with E-state index in [9.17, 15) is 8.78 Å². The predicted molar refractivity (Wildman–Crippen MR) is 36.3 cm³/mol. The van der Waals surface area contributed by atoms with Gasteiger partial charge in [0.1, 0.15) is 5.60 Å². The first-order valence-electron chi connectivity index (χ1n) is 3.29. The third kappa shape index (κ3) is 3.60. The van der Waals surface area contributed by atoms with Crippen molar-refractivity contribution in [3.63, 3.8) is 0 Å². The quantitative estimate of drug-likeness (QED) is 0.542. The molecule has 0 unspecified atom stereocenters. The van der Waals surface area contributed by atoms with Crippen molar-refractivity contribution in [3.05, 3.63) is 0 Å². The van der Waals surface area contributed by atoms with Crippen LogP contribution in [0.3, 0.4) is 0 Å². The first kappa shape index (κ1) is 10.7. The maximum absolute atomic E-state index is 11.9. The number of hydrogen-bond acceptors (Lipinski definition) is 3. The maximum Gasteiger partial charge on any atom is 0.266 e. The van der Waals surface area contributed by atoms with Crippen LogP contribution < -0.4 is 5.73 Å². The van der Waals surface area contributed by atoms with Crippen molar-refractivity contribution in [1.29, 1.82) is 0 Å². The molecule has 0 amide bonds. The van der Waals surface area contributed by atoms with Crippen LogP contribution in [-0.4, -0.2) is 34.9 Å². The summed E-state index contributed by atoms with van der Waals surface area (Å²) in [5, 5.41) is 17.8. The van der Waals surface area contributed by atoms with E-state index in [0.29, 0.717) is 0 Å². The molecule has 0 radical (unpaired) electrons. The molecule has 4 N–H and O–H groups in total. The van der Waals surface area contributed by atoms with Gasteiger partial charge in [-0.15, -0.1) is 0 Å². The molecule has 11 heavy (non-hydrogen) atoms. The zero-order valence-electron chi connectivity index (χ0n) is 6.30. The molecule has 0 rings (SSSR count). The molecule has 2 atom stereocenters. The van der Waals surface area contributed by atoms with Crippen molar-refractivity contribution in [3.8, 4) is 0 Å². The van der Waals surface area contributed by atoms with Crippen molar-refractivity contribution in [1.82, 2.24) is 0 Å². The first-order valence-corrected chi connectivity index (χ1v) is 3.29. The van der Waals surface area contributed by atoms with Crippen LogP contribution in [0.5, 0.6) is 0 Å². The molecule has 0 aromatic carbocycles. The van der Waals surface area contributed by atoms with Gasteiger partial charge < -0.3 is 15.9 Å². The predicted octanol–water partition coefficient (Wildman–Crippen LogP) is -0.288. The van der Waals surface area contributed by atoms with Gasteiger partial charge in [-0.25, -0.2) is 8.78 Å². The van der Waals surface area contributed by atoms with E-state index in [2.05, 4.69) is 0 Å². The van der Waals surface area contributed by atoms with Gasteiger partial charge in [0.2, 0.25) is 0 Å². The highest BCUT2D eigenvalue weighted by Gasteiger charge is 2.33. The van der Waals surface area contributed by atoms with Gasteiger partial charge in [-0.2, -0.15) is 0 Å². The Hall–Kier alpha value is -0.260. The second kappa shape index (κ2) is 3.94. The molecule has 0 aliphatic heterocycles. The first-order chi connectivity index (χ1) is 4.90. The summed E-state index contributed by atoms with van der Waals surface area (Å²) in [7, 11) is 0. The summed E-state index contributed by atoms with van der Waals surface area (Å²) in [6.07, 6.45) is -4.33. The Balaban J connectivity index is 3.90. The summed E-state index contributed by atoms with van der Waals surface area (Å²) >= 11 is 0. The topological polar surface area (TPSA) is 66.5 Å². The molecule has 68 valence electrons. The lowest BCUT2D eigenvalue weighted by Gasteiger charge is -2.24. The molecule has 0 fully saturated rings. The minimum absolute atomic E-state index is 0.122. The average molecular weight is 169 g/mol. The molecule has 0 aromatic heterocycles. The molecule has 0 aliphatic carbocycles. The molecule has 0 saturated heterocycles. The fourth-order valence-corrected chi connectivity index (χ4v) is 0.649. The van der Waals surface area contributed by atoms with E-state index in [-0.39, 0.29) is 6.54 Å². The van der Waals surface area contributed by atoms with Crippen LogP contribution in [0.25, 0.3) is 0 Å². The SMILES string of the molecule is C[C@@](O)(C[C@@H](O)CN)C(F)F. The Labute approximate surface area is 63.8 Å². The van der Waals surface area contributed by atoms with Crippen LogP contribution in [0.2, 0.25) is 0 Å². The maximum atomic E-state index is 11.9. The summed E-state index contributed by atoms with van der Waals surface area (Å²) < 4.78 is 23.8. The summed E-state index contributed by atoms with van der Waals surface area (Å²) in [4.78, 5) is 0. The number of halogens is 2. The van der Waals surface area contributed by atoms with Gasteiger partial charge in [-0.3, -0.25) is 0 Å². The lowest BCUT2D eigenvalue weighted by Crippen LogP contribution is -2.39. The molecule has 0 saturated carbocycles. The van der Waals surface area contributed by atoms with Crippen LogP contribution in [0.4, 0.5) is 8.78 Å². The van der Waals surface area contributed by atoms with Gasteiger partial charge in [0.15, 0.2) is 0 Å². The van der Waals surface area contributed by atoms with E-state index in [1.54, 1.807) is 0 Å². The van der Waals surface area contributed by atoms with Crippen molar-refractivity contribution in [2.24, 2.45) is 5.73 Å². The van der Waals surface area contributed by atoms with Crippen LogP contribution >= 0.6 is 0 Å². The van der Waals surface area contributed by atoms with Crippen molar-refractivity contribution >= 4 is 0 Å². The molecule has 5 heteroatoms. The number of nitrogens with two attached hydrogens (primary N) is 1. The number of hydrogen-bond donors (Lipinski definition) is 3. The van der Waals surface area contributed by atoms with Crippen LogP contribution in [-0.2, 0) is 0 Å². The Morgan fingerprint density at radius 1 is 1.55 bits per heavy atom. The zero-order chi connectivity index (χ0) is 9.07. The van der Waals surface area contributed by atoms with Gasteiger partial charge in [0.25, 0.3) is 6.43 Å². The monoisotopic (exact) mass is 169 g/mol. The van der Waals surface area contributed by atoms with E-state index < -0.39 is 24.6 Å². The van der Waals surface area contributed by atoms with E-state index >= 15 is 0 Å². The zero-order valence-corrected chi connectivity index (χ0v) is 6.30. The molecule has 3 nitrogen and oxygen atoms in total. The fourth-order valence-electron chi connectivity index (χ4n) is 0.649. The molecule has 0 aliphatic rings. The van der Waals surface area contributed by atoms with E-state index in [4.69, 9.17) is 15.9 Å². The average Bonchev–Trinajstić information content (AvgIpc) is 1.86. The minimum Gasteiger partial charge on any atom is -0.392 e. The summed E-state index contributed by atoms with van der Waals surface area (Å²) in [6.45, 7) is 0.847. The van der Waals surface area contributed by atoms with E-state index in [0.717, 1.165) is 6.92 Å². The minimum atomic E-state index is -2.86. The van der Waals surface area contributed by atoms with Crippen LogP contribution in [0.15, 0.2) is 0 Å². The molecule has 0 aromatic rings. The Morgan fingerprint density at radius 3 is 2.27 bits per heavy atom. The molecular formula is C6H13F2NO2. The van der Waals surface area contributed by atoms with Crippen molar-refractivity contribution in [2.75, 3.05) is 6.54 Å². The third-order valence-electron chi connectivity index (χ3n) is 1.39. The molecule has 0 bridgehead atoms. The molecular weight excluding hydrogens is 156 g/mol. The lowest BCUT2D eigenvalue weighted by atomic mass is 9.99. The Kier molecular flexibility index (Phi) is 3.85. The van der Waals surface area contributed by atoms with Gasteiger partial charge in [-0.05, 0) is 6.92 Å². The highest BCUT2D eigenvalue weighted by molar-refractivity contribution is 4.79. The summed E-state index contributed by atoms with van der Waals surface area (Å²) in [6, 6.07) is 0. The molecule has 0 heterocycles. The van der Waals surface area contributed by atoms with Gasteiger partial charge >= 0.3 is 0 Å². The number of aliphatic hydroxyl groups is 2. The number of alkyl halides is 2. The van der Waals surface area contributed by atoms with E-state index in [1.165, 1.54) is 0 Å². The van der Waals surface area contributed by atoms with Gasteiger partial charge in [0.05, 0.1) is 6.10 Å². The second-order valence-electron chi connectivity index (χ2n) is 2.75. The van der Waals surface area contributed by atoms with Gasteiger partial charge in [-0.1, -0.05) is 0 Å². The fraction of sp³-hybridized carbons (Fsp3) is 1.00. The smallest absolute Gasteiger partial charge is 0.266 e. The highest BCUT2D eigenvalue weighted by atomic mass is 19.3. The van der Waals surface area contributed by atoms with Gasteiger partial charge in [0, 0.05) is 13.0 Å². The summed E-state index contributed by atoms with van der Waals surface area (Å²) in [5.74, 6) is 0. The summed E-state index contributed by atoms with van der Waals surface area (Å²) in [5.41, 5.74) is 2.83. The number of rotatable bonds is 4. The van der Waals surface area contributed by atoms with Crippen molar-refractivity contribution < 1.29 is 19.0 Å². The third-order valence-corrected chi connectivity index (χ3v) is 1.39. The largest absolute Gasteiger partial charge is 0.392 e. The van der Waals surface area contributed by atoms with Crippen LogP contribution in [0, 0.1) is 0 Å². The molecule has 0 spiro atoms. The van der Waals surface area contributed by atoms with E-state index in [1.807, 2.05) is 0 Å². The number of aliphatic hydroxyl groups excluding tert-OH is 1. The van der Waals surface area contributed by atoms with Crippen molar-refractivity contribution in [2.45, 2.75) is 31.5 Å². The highest BCUT2D eigenvalue weighted by Crippen LogP contribution is 2.20. The second-order valence-corrected chi connectivity index (χ2v) is 2.75. The standard InChI is InChI=1S/C6H13F2NO2/c1-6(11,5(7)8)2-4(10)3-9/h4-5,10-11H,2-3,9H2,1H3/t4-,6-/m1/s1. The van der Waals surface area contributed by atoms with Crippen LogP contribution in [0.1, 0.15) is 13.3 Å². The lowest BCUT2D eigenvalue weighted by molar-refractivity contribution is -0.104. The Bertz CT molecular complexity index is 119. The Morgan fingerprint density at radius 2 is 2.00 bits per heavy atom.